The van der Waals surface area contributed by atoms with Crippen molar-refractivity contribution in [2.45, 2.75) is 13.2 Å². The monoisotopic (exact) mass is 394 g/mol. The minimum atomic E-state index is -3.13. The predicted octanol–water partition coefficient (Wildman–Crippen LogP) is 1.20. The zero-order valence-electron chi connectivity index (χ0n) is 14.7. The summed E-state index contributed by atoms with van der Waals surface area (Å²) < 4.78 is 29.1. The number of sulfonamides is 1. The van der Waals surface area contributed by atoms with Gasteiger partial charge in [0.2, 0.25) is 10.0 Å². The van der Waals surface area contributed by atoms with Crippen molar-refractivity contribution in [2.24, 2.45) is 0 Å². The van der Waals surface area contributed by atoms with E-state index < -0.39 is 10.0 Å². The van der Waals surface area contributed by atoms with E-state index in [1.165, 1.54) is 10.6 Å². The number of allylic oxidation sites excluding steroid dienone is 1. The summed E-state index contributed by atoms with van der Waals surface area (Å²) in [5, 5.41) is 4.67. The Balaban J connectivity index is 1.81. The lowest BCUT2D eigenvalue weighted by molar-refractivity contribution is 0.145. The Morgan fingerprint density at radius 2 is 2.04 bits per heavy atom. The fraction of sp³-hybridized carbons (Fsp3) is 0.438. The van der Waals surface area contributed by atoms with Crippen LogP contribution < -0.4 is 0 Å². The third-order valence-electron chi connectivity index (χ3n) is 4.29. The largest absolute Gasteiger partial charge is 0.296 e. The Morgan fingerprint density at radius 1 is 1.31 bits per heavy atom. The van der Waals surface area contributed by atoms with Gasteiger partial charge in [0.1, 0.15) is 0 Å². The maximum atomic E-state index is 11.6. The molecule has 1 fully saturated rings. The molecule has 1 aliphatic rings. The van der Waals surface area contributed by atoms with Gasteiger partial charge in [-0.25, -0.2) is 13.1 Å². The second-order valence-corrected chi connectivity index (χ2v) is 8.52. The molecule has 3 heterocycles. The van der Waals surface area contributed by atoms with E-state index in [-0.39, 0.29) is 0 Å². The Bertz CT molecular complexity index is 927. The van der Waals surface area contributed by atoms with Crippen LogP contribution in [0.2, 0.25) is 0 Å². The molecule has 0 saturated carbocycles. The van der Waals surface area contributed by atoms with E-state index in [1.54, 1.807) is 23.2 Å². The van der Waals surface area contributed by atoms with Crippen molar-refractivity contribution < 1.29 is 8.42 Å². The number of hydrogen-bond acceptors (Lipinski definition) is 6. The maximum Gasteiger partial charge on any atom is 0.211 e. The minimum Gasteiger partial charge on any atom is -0.296 e. The Labute approximate surface area is 158 Å². The quantitative estimate of drug-likeness (QED) is 0.541. The lowest BCUT2D eigenvalue weighted by atomic mass is 10.3. The average molecular weight is 395 g/mol. The molecule has 1 saturated heterocycles. The molecule has 140 valence electrons. The van der Waals surface area contributed by atoms with Crippen LogP contribution in [0.3, 0.4) is 0 Å². The van der Waals surface area contributed by atoms with Crippen LogP contribution in [0.4, 0.5) is 0 Å². The lowest BCUT2D eigenvalue weighted by Crippen LogP contribution is -2.48. The minimum absolute atomic E-state index is 0.481. The van der Waals surface area contributed by atoms with Crippen molar-refractivity contribution in [3.63, 3.8) is 0 Å². The number of aromatic nitrogens is 4. The highest BCUT2D eigenvalue weighted by Gasteiger charge is 2.24. The van der Waals surface area contributed by atoms with Crippen molar-refractivity contribution in [1.82, 2.24) is 28.5 Å². The molecule has 0 spiro atoms. The summed E-state index contributed by atoms with van der Waals surface area (Å²) in [6, 6.07) is 3.80. The van der Waals surface area contributed by atoms with Crippen LogP contribution in [0.5, 0.6) is 0 Å². The van der Waals surface area contributed by atoms with E-state index in [9.17, 15) is 8.42 Å². The van der Waals surface area contributed by atoms with E-state index in [0.29, 0.717) is 44.2 Å². The number of rotatable bonds is 6. The van der Waals surface area contributed by atoms with E-state index in [0.717, 1.165) is 11.4 Å². The number of hydrogen-bond donors (Lipinski definition) is 0. The van der Waals surface area contributed by atoms with Gasteiger partial charge in [-0.1, -0.05) is 6.08 Å². The number of pyridine rings is 1. The molecule has 0 aliphatic carbocycles. The highest BCUT2D eigenvalue weighted by atomic mass is 32.2. The summed E-state index contributed by atoms with van der Waals surface area (Å²) in [5.74, 6) is 0.748. The molecule has 0 aromatic carbocycles. The summed E-state index contributed by atoms with van der Waals surface area (Å²) in [4.78, 5) is 6.30. The molecule has 8 nitrogen and oxygen atoms in total. The number of piperazine rings is 1. The van der Waals surface area contributed by atoms with Gasteiger partial charge in [0.25, 0.3) is 0 Å². The van der Waals surface area contributed by atoms with Gasteiger partial charge in [0.15, 0.2) is 10.6 Å². The molecule has 0 N–H and O–H groups in total. The fourth-order valence-electron chi connectivity index (χ4n) is 2.93. The van der Waals surface area contributed by atoms with Crippen molar-refractivity contribution in [2.75, 3.05) is 32.4 Å². The smallest absolute Gasteiger partial charge is 0.211 e. The van der Waals surface area contributed by atoms with Crippen LogP contribution >= 0.6 is 12.2 Å². The van der Waals surface area contributed by atoms with Crippen LogP contribution in [-0.2, 0) is 23.2 Å². The van der Waals surface area contributed by atoms with Gasteiger partial charge in [-0.15, -0.1) is 6.58 Å². The van der Waals surface area contributed by atoms with Gasteiger partial charge < -0.3 is 0 Å². The zero-order valence-corrected chi connectivity index (χ0v) is 16.3. The zero-order chi connectivity index (χ0) is 18.7. The normalized spacial score (nSPS) is 16.7. The summed E-state index contributed by atoms with van der Waals surface area (Å²) in [5.41, 5.74) is 0.890. The van der Waals surface area contributed by atoms with Crippen LogP contribution in [0, 0.1) is 4.77 Å². The first-order chi connectivity index (χ1) is 12.4. The molecule has 10 heteroatoms. The third-order valence-corrected chi connectivity index (χ3v) is 6.02. The van der Waals surface area contributed by atoms with E-state index in [2.05, 4.69) is 21.6 Å². The van der Waals surface area contributed by atoms with Crippen molar-refractivity contribution in [3.05, 3.63) is 42.0 Å². The van der Waals surface area contributed by atoms with E-state index in [4.69, 9.17) is 12.2 Å². The molecule has 26 heavy (non-hydrogen) atoms. The molecule has 0 bridgehead atoms. The molecule has 3 rings (SSSR count). The van der Waals surface area contributed by atoms with Gasteiger partial charge >= 0.3 is 0 Å². The summed E-state index contributed by atoms with van der Waals surface area (Å²) >= 11 is 5.59. The Hall–Kier alpha value is -1.88. The molecule has 0 radical (unpaired) electrons. The van der Waals surface area contributed by atoms with Gasteiger partial charge in [0.05, 0.1) is 12.9 Å². The highest BCUT2D eigenvalue weighted by Crippen LogP contribution is 2.18. The summed E-state index contributed by atoms with van der Waals surface area (Å²) in [6.45, 7) is 7.13. The lowest BCUT2D eigenvalue weighted by Gasteiger charge is -2.32. The molecule has 0 amide bonds. The molecule has 1 aliphatic heterocycles. The second-order valence-electron chi connectivity index (χ2n) is 6.17. The molecule has 0 atom stereocenters. The van der Waals surface area contributed by atoms with Gasteiger partial charge in [0, 0.05) is 50.7 Å². The maximum absolute atomic E-state index is 11.6. The first kappa shape index (κ1) is 18.9. The van der Waals surface area contributed by atoms with Crippen molar-refractivity contribution in [3.8, 4) is 11.4 Å². The van der Waals surface area contributed by atoms with Crippen LogP contribution in [-0.4, -0.2) is 69.4 Å². The summed E-state index contributed by atoms with van der Waals surface area (Å²) in [7, 11) is -3.13. The topological polar surface area (TPSA) is 76.3 Å². The van der Waals surface area contributed by atoms with E-state index >= 15 is 0 Å². The Morgan fingerprint density at radius 3 is 2.62 bits per heavy atom. The molecular weight excluding hydrogens is 372 g/mol. The van der Waals surface area contributed by atoms with Crippen LogP contribution in [0.25, 0.3) is 11.4 Å². The van der Waals surface area contributed by atoms with Gasteiger partial charge in [-0.05, 0) is 24.4 Å². The summed E-state index contributed by atoms with van der Waals surface area (Å²) in [6.07, 6.45) is 6.50. The van der Waals surface area contributed by atoms with Crippen molar-refractivity contribution >= 4 is 22.2 Å². The SMILES string of the molecule is C=CCn1c(-c2cccnc2)nn(CN2CCN(S(C)(=O)=O)CC2)c1=S. The van der Waals surface area contributed by atoms with Crippen LogP contribution in [0.1, 0.15) is 0 Å². The second kappa shape index (κ2) is 7.78. The molecular formula is C16H22N6O2S2. The van der Waals surface area contributed by atoms with Gasteiger partial charge in [-0.3, -0.25) is 14.5 Å². The third kappa shape index (κ3) is 4.09. The fourth-order valence-corrected chi connectivity index (χ4v) is 4.01. The predicted molar refractivity (Wildman–Crippen MR) is 102 cm³/mol. The van der Waals surface area contributed by atoms with Crippen LogP contribution in [0.15, 0.2) is 37.2 Å². The highest BCUT2D eigenvalue weighted by molar-refractivity contribution is 7.88. The average Bonchev–Trinajstić information content (AvgIpc) is 2.92. The molecule has 0 unspecified atom stereocenters. The van der Waals surface area contributed by atoms with E-state index in [1.807, 2.05) is 16.7 Å². The number of nitrogens with zero attached hydrogens (tertiary/aromatic N) is 6. The van der Waals surface area contributed by atoms with Crippen molar-refractivity contribution in [1.29, 1.82) is 0 Å². The molecule has 2 aromatic rings. The Kier molecular flexibility index (Phi) is 5.66. The standard InChI is InChI=1S/C16H22N6O2S2/c1-3-7-21-15(14-5-4-6-17-12-14)18-22(16(21)25)13-19-8-10-20(11-9-19)26(2,23)24/h3-6,12H,1,7-11,13H2,2H3. The first-order valence-corrected chi connectivity index (χ1v) is 10.5. The molecule has 2 aromatic heterocycles. The van der Waals surface area contributed by atoms with Gasteiger partial charge in [-0.2, -0.15) is 9.40 Å². The first-order valence-electron chi connectivity index (χ1n) is 8.26.